The van der Waals surface area contributed by atoms with Crippen molar-refractivity contribution in [3.8, 4) is 5.75 Å². The highest BCUT2D eigenvalue weighted by Crippen LogP contribution is 2.39. The molecule has 0 heterocycles. The van der Waals surface area contributed by atoms with Crippen molar-refractivity contribution in [2.45, 2.75) is 25.9 Å². The smallest absolute Gasteiger partial charge is 0.224 e. The zero-order valence-corrected chi connectivity index (χ0v) is 15.1. The second-order valence-electron chi connectivity index (χ2n) is 6.62. The molecule has 5 nitrogen and oxygen atoms in total. The molecule has 5 heteroatoms. The lowest BCUT2D eigenvalue weighted by Crippen LogP contribution is -2.31. The maximum absolute atomic E-state index is 12.4. The molecular weight excluding hydrogens is 328 g/mol. The molecule has 2 aromatic carbocycles. The van der Waals surface area contributed by atoms with Gasteiger partial charge < -0.3 is 15.4 Å². The van der Waals surface area contributed by atoms with Gasteiger partial charge in [-0.05, 0) is 25.0 Å². The van der Waals surface area contributed by atoms with Gasteiger partial charge in [0.25, 0.3) is 0 Å². The van der Waals surface area contributed by atoms with Crippen molar-refractivity contribution in [3.63, 3.8) is 0 Å². The number of amides is 2. The van der Waals surface area contributed by atoms with Crippen molar-refractivity contribution in [2.75, 3.05) is 7.11 Å². The Hall–Kier alpha value is -2.82. The van der Waals surface area contributed by atoms with Gasteiger partial charge in [0, 0.05) is 12.1 Å². The first-order valence-corrected chi connectivity index (χ1v) is 8.85. The number of para-hydroxylation sites is 1. The number of ether oxygens (including phenoxy) is 1. The van der Waals surface area contributed by atoms with Gasteiger partial charge in [-0.1, -0.05) is 48.5 Å². The SMILES string of the molecule is COc1ccccc1CNC(=O)C1CC1C(=O)NC(C)c1ccccc1. The van der Waals surface area contributed by atoms with E-state index in [9.17, 15) is 9.59 Å². The molecule has 0 aliphatic heterocycles. The summed E-state index contributed by atoms with van der Waals surface area (Å²) >= 11 is 0. The molecule has 26 heavy (non-hydrogen) atoms. The van der Waals surface area contributed by atoms with Crippen LogP contribution in [0.25, 0.3) is 0 Å². The summed E-state index contributed by atoms with van der Waals surface area (Å²) in [5.41, 5.74) is 1.97. The number of rotatable bonds is 7. The molecule has 1 aliphatic rings. The van der Waals surface area contributed by atoms with Crippen molar-refractivity contribution in [1.82, 2.24) is 10.6 Å². The van der Waals surface area contributed by atoms with Gasteiger partial charge in [-0.3, -0.25) is 9.59 Å². The van der Waals surface area contributed by atoms with E-state index in [0.717, 1.165) is 16.9 Å². The van der Waals surface area contributed by atoms with Crippen LogP contribution in [0.5, 0.6) is 5.75 Å². The fraction of sp³-hybridized carbons (Fsp3) is 0.333. The Labute approximate surface area is 153 Å². The van der Waals surface area contributed by atoms with Gasteiger partial charge in [0.15, 0.2) is 0 Å². The summed E-state index contributed by atoms with van der Waals surface area (Å²) in [4.78, 5) is 24.7. The van der Waals surface area contributed by atoms with Crippen LogP contribution in [0.2, 0.25) is 0 Å². The van der Waals surface area contributed by atoms with E-state index in [2.05, 4.69) is 10.6 Å². The number of carbonyl (C=O) groups is 2. The molecule has 2 aromatic rings. The van der Waals surface area contributed by atoms with E-state index in [1.807, 2.05) is 61.5 Å². The van der Waals surface area contributed by atoms with Crippen LogP contribution in [0.1, 0.15) is 30.5 Å². The minimum absolute atomic E-state index is 0.0567. The molecule has 3 rings (SSSR count). The first-order chi connectivity index (χ1) is 12.6. The number of hydrogen-bond donors (Lipinski definition) is 2. The lowest BCUT2D eigenvalue weighted by Gasteiger charge is -2.14. The third-order valence-electron chi connectivity index (χ3n) is 4.77. The largest absolute Gasteiger partial charge is 0.496 e. The van der Waals surface area contributed by atoms with Crippen LogP contribution in [-0.2, 0) is 16.1 Å². The molecule has 0 aromatic heterocycles. The first kappa shape index (κ1) is 18.0. The number of methoxy groups -OCH3 is 1. The molecule has 0 saturated heterocycles. The zero-order chi connectivity index (χ0) is 18.5. The summed E-state index contributed by atoms with van der Waals surface area (Å²) in [6.45, 7) is 2.35. The summed E-state index contributed by atoms with van der Waals surface area (Å²) in [6.07, 6.45) is 0.602. The van der Waals surface area contributed by atoms with Crippen LogP contribution in [0.15, 0.2) is 54.6 Å². The van der Waals surface area contributed by atoms with Gasteiger partial charge in [0.05, 0.1) is 25.0 Å². The highest BCUT2D eigenvalue weighted by atomic mass is 16.5. The topological polar surface area (TPSA) is 67.4 Å². The average molecular weight is 352 g/mol. The maximum atomic E-state index is 12.4. The molecule has 2 amide bonds. The van der Waals surface area contributed by atoms with E-state index in [0.29, 0.717) is 13.0 Å². The maximum Gasteiger partial charge on any atom is 0.224 e. The molecular formula is C21H24N2O3. The monoisotopic (exact) mass is 352 g/mol. The van der Waals surface area contributed by atoms with Crippen molar-refractivity contribution < 1.29 is 14.3 Å². The van der Waals surface area contributed by atoms with Gasteiger partial charge in [-0.2, -0.15) is 0 Å². The molecule has 1 fully saturated rings. The summed E-state index contributed by atoms with van der Waals surface area (Å²) in [6, 6.07) is 17.3. The fourth-order valence-electron chi connectivity index (χ4n) is 3.08. The molecule has 0 spiro atoms. The summed E-state index contributed by atoms with van der Waals surface area (Å²) < 4.78 is 5.28. The average Bonchev–Trinajstić information content (AvgIpc) is 3.48. The summed E-state index contributed by atoms with van der Waals surface area (Å²) in [7, 11) is 1.61. The lowest BCUT2D eigenvalue weighted by atomic mass is 10.1. The van der Waals surface area contributed by atoms with Crippen LogP contribution in [0.4, 0.5) is 0 Å². The zero-order valence-electron chi connectivity index (χ0n) is 15.1. The predicted molar refractivity (Wildman–Crippen MR) is 99.4 cm³/mol. The Morgan fingerprint density at radius 2 is 1.69 bits per heavy atom. The van der Waals surface area contributed by atoms with Gasteiger partial charge in [0.2, 0.25) is 11.8 Å². The third-order valence-corrected chi connectivity index (χ3v) is 4.77. The van der Waals surface area contributed by atoms with E-state index in [1.165, 1.54) is 0 Å². The van der Waals surface area contributed by atoms with Crippen LogP contribution in [0, 0.1) is 11.8 Å². The molecule has 2 N–H and O–H groups in total. The van der Waals surface area contributed by atoms with Gasteiger partial charge in [-0.25, -0.2) is 0 Å². The van der Waals surface area contributed by atoms with E-state index in [-0.39, 0.29) is 29.7 Å². The molecule has 1 aliphatic carbocycles. The Bertz CT molecular complexity index is 776. The fourth-order valence-corrected chi connectivity index (χ4v) is 3.08. The van der Waals surface area contributed by atoms with Gasteiger partial charge >= 0.3 is 0 Å². The molecule has 1 saturated carbocycles. The Morgan fingerprint density at radius 3 is 2.42 bits per heavy atom. The second-order valence-corrected chi connectivity index (χ2v) is 6.62. The molecule has 3 atom stereocenters. The second kappa shape index (κ2) is 8.04. The highest BCUT2D eigenvalue weighted by Gasteiger charge is 2.48. The summed E-state index contributed by atoms with van der Waals surface area (Å²) in [5, 5.41) is 5.90. The minimum Gasteiger partial charge on any atom is -0.496 e. The van der Waals surface area contributed by atoms with Crippen LogP contribution >= 0.6 is 0 Å². The minimum atomic E-state index is -0.243. The van der Waals surface area contributed by atoms with E-state index >= 15 is 0 Å². The number of carbonyl (C=O) groups excluding carboxylic acids is 2. The Balaban J connectivity index is 1.48. The quantitative estimate of drug-likeness (QED) is 0.805. The van der Waals surface area contributed by atoms with Crippen LogP contribution < -0.4 is 15.4 Å². The van der Waals surface area contributed by atoms with Gasteiger partial charge in [-0.15, -0.1) is 0 Å². The Morgan fingerprint density at radius 1 is 1.04 bits per heavy atom. The van der Waals surface area contributed by atoms with Crippen LogP contribution in [0.3, 0.4) is 0 Å². The number of nitrogens with one attached hydrogen (secondary N) is 2. The lowest BCUT2D eigenvalue weighted by molar-refractivity contribution is -0.127. The number of hydrogen-bond acceptors (Lipinski definition) is 3. The van der Waals surface area contributed by atoms with E-state index < -0.39 is 0 Å². The standard InChI is InChI=1S/C21H24N2O3/c1-14(15-8-4-3-5-9-15)23-21(25)18-12-17(18)20(24)22-13-16-10-6-7-11-19(16)26-2/h3-11,14,17-18H,12-13H2,1-2H3,(H,22,24)(H,23,25). The van der Waals surface area contributed by atoms with Crippen molar-refractivity contribution in [2.24, 2.45) is 11.8 Å². The van der Waals surface area contributed by atoms with E-state index in [1.54, 1.807) is 7.11 Å². The van der Waals surface area contributed by atoms with Crippen molar-refractivity contribution in [3.05, 3.63) is 65.7 Å². The third kappa shape index (κ3) is 4.23. The molecule has 3 unspecified atom stereocenters. The molecule has 136 valence electrons. The molecule has 0 bridgehead atoms. The first-order valence-electron chi connectivity index (χ1n) is 8.85. The Kier molecular flexibility index (Phi) is 5.56. The number of benzene rings is 2. The normalized spacial score (nSPS) is 19.3. The summed E-state index contributed by atoms with van der Waals surface area (Å²) in [5.74, 6) is 0.128. The van der Waals surface area contributed by atoms with Crippen LogP contribution in [-0.4, -0.2) is 18.9 Å². The van der Waals surface area contributed by atoms with Crippen molar-refractivity contribution >= 4 is 11.8 Å². The van der Waals surface area contributed by atoms with E-state index in [4.69, 9.17) is 4.74 Å². The molecule has 0 radical (unpaired) electrons. The van der Waals surface area contributed by atoms with Crippen molar-refractivity contribution in [1.29, 1.82) is 0 Å². The van der Waals surface area contributed by atoms with Gasteiger partial charge in [0.1, 0.15) is 5.75 Å². The predicted octanol–water partition coefficient (Wildman–Crippen LogP) is 2.82. The highest BCUT2D eigenvalue weighted by molar-refractivity contribution is 5.92.